The van der Waals surface area contributed by atoms with Crippen LogP contribution in [0.1, 0.15) is 30.5 Å². The van der Waals surface area contributed by atoms with Gasteiger partial charge in [0.2, 0.25) is 0 Å². The molecule has 3 nitrogen and oxygen atoms in total. The summed E-state index contributed by atoms with van der Waals surface area (Å²) >= 11 is 2.01. The molecule has 0 aromatic carbocycles. The van der Waals surface area contributed by atoms with Crippen molar-refractivity contribution in [3.05, 3.63) is 17.5 Å². The molecule has 0 spiro atoms. The van der Waals surface area contributed by atoms with Crippen LogP contribution in [0.4, 0.5) is 0 Å². The number of nitrogens with zero attached hydrogens (tertiary/aromatic N) is 2. The highest BCUT2D eigenvalue weighted by Gasteiger charge is 2.23. The summed E-state index contributed by atoms with van der Waals surface area (Å²) in [5, 5.41) is 8.88. The standard InChI is InChI=1S/C12H21N3S/c1-9-10(8-15(2)14-9)7-13-11-4-5-12(6-11)16-3/h8,11-13H,4-7H2,1-3H3. The molecule has 1 aliphatic carbocycles. The Labute approximate surface area is 102 Å². The van der Waals surface area contributed by atoms with Gasteiger partial charge in [-0.15, -0.1) is 0 Å². The minimum absolute atomic E-state index is 0.706. The minimum atomic E-state index is 0.706. The maximum atomic E-state index is 4.36. The van der Waals surface area contributed by atoms with E-state index >= 15 is 0 Å². The van der Waals surface area contributed by atoms with Gasteiger partial charge in [-0.25, -0.2) is 0 Å². The summed E-state index contributed by atoms with van der Waals surface area (Å²) < 4.78 is 1.89. The molecule has 0 saturated heterocycles. The molecule has 1 N–H and O–H groups in total. The molecule has 2 rings (SSSR count). The zero-order chi connectivity index (χ0) is 11.5. The van der Waals surface area contributed by atoms with Gasteiger partial charge in [0.15, 0.2) is 0 Å². The summed E-state index contributed by atoms with van der Waals surface area (Å²) in [5.74, 6) is 0. The molecule has 16 heavy (non-hydrogen) atoms. The van der Waals surface area contributed by atoms with Gasteiger partial charge < -0.3 is 5.32 Å². The first-order chi connectivity index (χ1) is 7.69. The highest BCUT2D eigenvalue weighted by atomic mass is 32.2. The quantitative estimate of drug-likeness (QED) is 0.872. The van der Waals surface area contributed by atoms with Crippen LogP contribution in [0.5, 0.6) is 0 Å². The maximum absolute atomic E-state index is 4.36. The van der Waals surface area contributed by atoms with Crippen molar-refractivity contribution < 1.29 is 0 Å². The first-order valence-electron chi connectivity index (χ1n) is 5.94. The summed E-state index contributed by atoms with van der Waals surface area (Å²) in [4.78, 5) is 0. The lowest BCUT2D eigenvalue weighted by atomic mass is 10.2. The van der Waals surface area contributed by atoms with Crippen LogP contribution in [0, 0.1) is 6.92 Å². The molecule has 1 heterocycles. The predicted octanol–water partition coefficient (Wildman–Crippen LogP) is 2.10. The van der Waals surface area contributed by atoms with Crippen molar-refractivity contribution in [1.82, 2.24) is 15.1 Å². The third kappa shape index (κ3) is 2.80. The highest BCUT2D eigenvalue weighted by molar-refractivity contribution is 7.99. The van der Waals surface area contributed by atoms with Crippen molar-refractivity contribution >= 4 is 11.8 Å². The fourth-order valence-electron chi connectivity index (χ4n) is 2.42. The van der Waals surface area contributed by atoms with Crippen LogP contribution in [-0.2, 0) is 13.6 Å². The molecule has 0 amide bonds. The van der Waals surface area contributed by atoms with Crippen molar-refractivity contribution in [1.29, 1.82) is 0 Å². The summed E-state index contributed by atoms with van der Waals surface area (Å²) in [7, 11) is 1.98. The molecule has 1 aliphatic rings. The number of nitrogens with one attached hydrogen (secondary N) is 1. The first-order valence-corrected chi connectivity index (χ1v) is 7.23. The molecule has 0 aliphatic heterocycles. The largest absolute Gasteiger partial charge is 0.310 e. The Morgan fingerprint density at radius 2 is 2.38 bits per heavy atom. The molecular weight excluding hydrogens is 218 g/mol. The van der Waals surface area contributed by atoms with Gasteiger partial charge in [-0.3, -0.25) is 4.68 Å². The lowest BCUT2D eigenvalue weighted by Crippen LogP contribution is -2.26. The normalized spacial score (nSPS) is 25.2. The van der Waals surface area contributed by atoms with Crippen LogP contribution < -0.4 is 5.32 Å². The molecule has 1 aromatic heterocycles. The van der Waals surface area contributed by atoms with E-state index in [1.54, 1.807) is 0 Å². The Bertz CT molecular complexity index is 348. The summed E-state index contributed by atoms with van der Waals surface area (Å²) in [6.07, 6.45) is 8.35. The zero-order valence-corrected chi connectivity index (χ0v) is 11.2. The van der Waals surface area contributed by atoms with Gasteiger partial charge >= 0.3 is 0 Å². The van der Waals surface area contributed by atoms with Crippen LogP contribution in [0.15, 0.2) is 6.20 Å². The molecule has 0 bridgehead atoms. The fourth-order valence-corrected chi connectivity index (χ4v) is 3.21. The van der Waals surface area contributed by atoms with E-state index < -0.39 is 0 Å². The monoisotopic (exact) mass is 239 g/mol. The van der Waals surface area contributed by atoms with Gasteiger partial charge in [0.1, 0.15) is 0 Å². The SMILES string of the molecule is CSC1CCC(NCc2cn(C)nc2C)C1. The maximum Gasteiger partial charge on any atom is 0.0638 e. The van der Waals surface area contributed by atoms with Crippen LogP contribution in [0.25, 0.3) is 0 Å². The zero-order valence-electron chi connectivity index (χ0n) is 10.4. The van der Waals surface area contributed by atoms with Gasteiger partial charge in [-0.2, -0.15) is 16.9 Å². The molecule has 1 fully saturated rings. The topological polar surface area (TPSA) is 29.9 Å². The molecule has 4 heteroatoms. The second-order valence-corrected chi connectivity index (χ2v) is 5.80. The van der Waals surface area contributed by atoms with Crippen LogP contribution in [0.2, 0.25) is 0 Å². The molecule has 90 valence electrons. The van der Waals surface area contributed by atoms with E-state index in [0.29, 0.717) is 6.04 Å². The van der Waals surface area contributed by atoms with Crippen molar-refractivity contribution in [2.75, 3.05) is 6.26 Å². The number of hydrogen-bond donors (Lipinski definition) is 1. The van der Waals surface area contributed by atoms with Gasteiger partial charge in [0, 0.05) is 36.6 Å². The third-order valence-corrected chi connectivity index (χ3v) is 4.51. The average Bonchev–Trinajstić information content (AvgIpc) is 2.82. The van der Waals surface area contributed by atoms with Gasteiger partial charge in [-0.1, -0.05) is 0 Å². The molecular formula is C12H21N3S. The Morgan fingerprint density at radius 3 is 2.94 bits per heavy atom. The number of aromatic nitrogens is 2. The molecule has 1 aromatic rings. The Hall–Kier alpha value is -0.480. The second kappa shape index (κ2) is 5.23. The number of rotatable bonds is 4. The van der Waals surface area contributed by atoms with Crippen molar-refractivity contribution in [2.24, 2.45) is 7.05 Å². The number of thioether (sulfide) groups is 1. The highest BCUT2D eigenvalue weighted by Crippen LogP contribution is 2.28. The van der Waals surface area contributed by atoms with Crippen molar-refractivity contribution in [3.63, 3.8) is 0 Å². The third-order valence-electron chi connectivity index (χ3n) is 3.41. The van der Waals surface area contributed by atoms with Crippen molar-refractivity contribution in [3.8, 4) is 0 Å². The average molecular weight is 239 g/mol. The van der Waals surface area contributed by atoms with E-state index in [1.165, 1.54) is 24.8 Å². The first kappa shape index (κ1) is 12.0. The minimum Gasteiger partial charge on any atom is -0.310 e. The van der Waals surface area contributed by atoms with E-state index in [1.807, 2.05) is 23.5 Å². The fraction of sp³-hybridized carbons (Fsp3) is 0.750. The van der Waals surface area contributed by atoms with Crippen LogP contribution in [-0.4, -0.2) is 27.3 Å². The lowest BCUT2D eigenvalue weighted by Gasteiger charge is -2.11. The Morgan fingerprint density at radius 1 is 1.56 bits per heavy atom. The predicted molar refractivity (Wildman–Crippen MR) is 69.7 cm³/mol. The molecule has 0 radical (unpaired) electrons. The Kier molecular flexibility index (Phi) is 3.92. The van der Waals surface area contributed by atoms with E-state index in [-0.39, 0.29) is 0 Å². The van der Waals surface area contributed by atoms with Gasteiger partial charge in [0.25, 0.3) is 0 Å². The van der Waals surface area contributed by atoms with Gasteiger partial charge in [0.05, 0.1) is 5.69 Å². The van der Waals surface area contributed by atoms with Gasteiger partial charge in [-0.05, 0) is 32.4 Å². The smallest absolute Gasteiger partial charge is 0.0638 e. The molecule has 1 saturated carbocycles. The van der Waals surface area contributed by atoms with E-state index in [0.717, 1.165) is 17.5 Å². The second-order valence-electron chi connectivity index (χ2n) is 4.66. The van der Waals surface area contributed by atoms with E-state index in [2.05, 4.69) is 29.8 Å². The van der Waals surface area contributed by atoms with Crippen molar-refractivity contribution in [2.45, 2.75) is 44.0 Å². The van der Waals surface area contributed by atoms with E-state index in [9.17, 15) is 0 Å². The van der Waals surface area contributed by atoms with Crippen LogP contribution >= 0.6 is 11.8 Å². The Balaban J connectivity index is 1.82. The van der Waals surface area contributed by atoms with Crippen LogP contribution in [0.3, 0.4) is 0 Å². The number of hydrogen-bond acceptors (Lipinski definition) is 3. The lowest BCUT2D eigenvalue weighted by molar-refractivity contribution is 0.524. The summed E-state index contributed by atoms with van der Waals surface area (Å²) in [5.41, 5.74) is 2.48. The summed E-state index contributed by atoms with van der Waals surface area (Å²) in [6, 6.07) is 0.706. The number of aryl methyl sites for hydroxylation is 2. The van der Waals surface area contributed by atoms with E-state index in [4.69, 9.17) is 0 Å². The molecule has 2 atom stereocenters. The summed E-state index contributed by atoms with van der Waals surface area (Å²) in [6.45, 7) is 3.04. The molecule has 2 unspecified atom stereocenters.